The normalized spacial score (nSPS) is 11.9. The Kier molecular flexibility index (Phi) is 4.02. The largest absolute Gasteiger partial charge is 0.479 e. The summed E-state index contributed by atoms with van der Waals surface area (Å²) in [6.45, 7) is 0. The van der Waals surface area contributed by atoms with Gasteiger partial charge in [-0.05, 0) is 35.9 Å². The topological polar surface area (TPSA) is 49.3 Å². The first-order valence-corrected chi connectivity index (χ1v) is 5.94. The second-order valence-electron chi connectivity index (χ2n) is 3.98. The molecule has 2 aromatic rings. The van der Waals surface area contributed by atoms with Gasteiger partial charge >= 0.3 is 5.97 Å². The molecule has 0 bridgehead atoms. The highest BCUT2D eigenvalue weighted by molar-refractivity contribution is 6.30. The van der Waals surface area contributed by atoms with Crippen LogP contribution < -0.4 is 5.32 Å². The molecule has 98 valence electrons. The summed E-state index contributed by atoms with van der Waals surface area (Å²) in [6, 6.07) is 11.5. The van der Waals surface area contributed by atoms with E-state index in [9.17, 15) is 14.3 Å². The number of aliphatic carboxylic acids is 1. The molecule has 0 radical (unpaired) electrons. The molecule has 0 spiro atoms. The molecule has 0 fully saturated rings. The summed E-state index contributed by atoms with van der Waals surface area (Å²) in [6.07, 6.45) is 0. The standard InChI is InChI=1S/C14H11ClFNO2/c15-10-6-9(7-11(16)8-10)13(14(18)19)17-12-4-2-1-3-5-12/h1-8,13,17H,(H,18,19). The minimum atomic E-state index is -1.11. The zero-order chi connectivity index (χ0) is 13.8. The van der Waals surface area contributed by atoms with E-state index in [2.05, 4.69) is 5.32 Å². The molecule has 2 N–H and O–H groups in total. The summed E-state index contributed by atoms with van der Waals surface area (Å²) in [5, 5.41) is 12.2. The molecule has 0 aliphatic rings. The van der Waals surface area contributed by atoms with Gasteiger partial charge in [0.2, 0.25) is 0 Å². The quantitative estimate of drug-likeness (QED) is 0.897. The van der Waals surface area contributed by atoms with E-state index in [1.165, 1.54) is 6.07 Å². The van der Waals surface area contributed by atoms with Crippen molar-refractivity contribution in [3.63, 3.8) is 0 Å². The average Bonchev–Trinajstić information content (AvgIpc) is 2.35. The first-order chi connectivity index (χ1) is 9.06. The van der Waals surface area contributed by atoms with Crippen molar-refractivity contribution < 1.29 is 14.3 Å². The molecular formula is C14H11ClFNO2. The van der Waals surface area contributed by atoms with E-state index in [1.54, 1.807) is 24.3 Å². The number of benzene rings is 2. The molecule has 1 unspecified atom stereocenters. The van der Waals surface area contributed by atoms with Crippen molar-refractivity contribution in [1.82, 2.24) is 0 Å². The summed E-state index contributed by atoms with van der Waals surface area (Å²) in [4.78, 5) is 11.3. The van der Waals surface area contributed by atoms with Gasteiger partial charge in [0.25, 0.3) is 0 Å². The van der Waals surface area contributed by atoms with Gasteiger partial charge in [-0.2, -0.15) is 0 Å². The second-order valence-corrected chi connectivity index (χ2v) is 4.42. The summed E-state index contributed by atoms with van der Waals surface area (Å²) in [7, 11) is 0. The molecule has 3 nitrogen and oxygen atoms in total. The van der Waals surface area contributed by atoms with Crippen LogP contribution in [0.4, 0.5) is 10.1 Å². The number of carboxylic acids is 1. The van der Waals surface area contributed by atoms with E-state index in [-0.39, 0.29) is 10.6 Å². The Morgan fingerprint density at radius 2 is 1.89 bits per heavy atom. The smallest absolute Gasteiger partial charge is 0.330 e. The zero-order valence-corrected chi connectivity index (χ0v) is 10.6. The van der Waals surface area contributed by atoms with Crippen LogP contribution in [0.5, 0.6) is 0 Å². The van der Waals surface area contributed by atoms with Gasteiger partial charge in [0.1, 0.15) is 5.82 Å². The van der Waals surface area contributed by atoms with Crippen molar-refractivity contribution in [1.29, 1.82) is 0 Å². The maximum absolute atomic E-state index is 13.3. The molecule has 0 aliphatic carbocycles. The van der Waals surface area contributed by atoms with Crippen molar-refractivity contribution in [3.05, 3.63) is 64.9 Å². The van der Waals surface area contributed by atoms with Crippen LogP contribution >= 0.6 is 11.6 Å². The minimum Gasteiger partial charge on any atom is -0.479 e. The molecule has 1 atom stereocenters. The fourth-order valence-electron chi connectivity index (χ4n) is 1.73. The molecule has 19 heavy (non-hydrogen) atoms. The minimum absolute atomic E-state index is 0.163. The average molecular weight is 280 g/mol. The highest BCUT2D eigenvalue weighted by Crippen LogP contribution is 2.23. The highest BCUT2D eigenvalue weighted by atomic mass is 35.5. The first-order valence-electron chi connectivity index (χ1n) is 5.56. The van der Waals surface area contributed by atoms with Crippen molar-refractivity contribution in [2.45, 2.75) is 6.04 Å². The van der Waals surface area contributed by atoms with Crippen LogP contribution in [-0.2, 0) is 4.79 Å². The maximum atomic E-state index is 13.3. The molecule has 0 amide bonds. The third-order valence-corrected chi connectivity index (χ3v) is 2.77. The van der Waals surface area contributed by atoms with Gasteiger partial charge in [0, 0.05) is 10.7 Å². The monoisotopic (exact) mass is 279 g/mol. The lowest BCUT2D eigenvalue weighted by molar-refractivity contribution is -0.138. The number of rotatable bonds is 4. The summed E-state index contributed by atoms with van der Waals surface area (Å²) < 4.78 is 13.3. The van der Waals surface area contributed by atoms with Crippen LogP contribution in [0, 0.1) is 5.82 Å². The predicted octanol–water partition coefficient (Wildman–Crippen LogP) is 3.72. The van der Waals surface area contributed by atoms with Crippen LogP contribution in [0.15, 0.2) is 48.5 Å². The Morgan fingerprint density at radius 1 is 1.21 bits per heavy atom. The molecule has 2 rings (SSSR count). The molecule has 0 heterocycles. The molecule has 2 aromatic carbocycles. The molecular weight excluding hydrogens is 269 g/mol. The van der Waals surface area contributed by atoms with Crippen molar-refractivity contribution in [3.8, 4) is 0 Å². The lowest BCUT2D eigenvalue weighted by atomic mass is 10.1. The van der Waals surface area contributed by atoms with Crippen molar-refractivity contribution in [2.24, 2.45) is 0 Å². The van der Waals surface area contributed by atoms with Gasteiger partial charge in [-0.3, -0.25) is 0 Å². The third-order valence-electron chi connectivity index (χ3n) is 2.55. The number of nitrogens with one attached hydrogen (secondary N) is 1. The van der Waals surface area contributed by atoms with Crippen LogP contribution in [-0.4, -0.2) is 11.1 Å². The van der Waals surface area contributed by atoms with Crippen LogP contribution in [0.3, 0.4) is 0 Å². The van der Waals surface area contributed by atoms with Gasteiger partial charge in [-0.25, -0.2) is 9.18 Å². The van der Waals surface area contributed by atoms with Crippen LogP contribution in [0.1, 0.15) is 11.6 Å². The number of anilines is 1. The van der Waals surface area contributed by atoms with Crippen LogP contribution in [0.25, 0.3) is 0 Å². The summed E-state index contributed by atoms with van der Waals surface area (Å²) >= 11 is 5.74. The number of para-hydroxylation sites is 1. The van der Waals surface area contributed by atoms with Gasteiger partial charge < -0.3 is 10.4 Å². The Bertz CT molecular complexity index is 569. The van der Waals surface area contributed by atoms with E-state index in [0.29, 0.717) is 5.69 Å². The number of hydrogen-bond acceptors (Lipinski definition) is 2. The van der Waals surface area contributed by atoms with E-state index in [0.717, 1.165) is 12.1 Å². The molecule has 0 aromatic heterocycles. The predicted molar refractivity (Wildman–Crippen MR) is 71.9 cm³/mol. The molecule has 0 aliphatic heterocycles. The summed E-state index contributed by atoms with van der Waals surface area (Å²) in [5.74, 6) is -1.67. The molecule has 0 saturated heterocycles. The lowest BCUT2D eigenvalue weighted by Crippen LogP contribution is -2.20. The van der Waals surface area contributed by atoms with Gasteiger partial charge in [0.15, 0.2) is 6.04 Å². The summed E-state index contributed by atoms with van der Waals surface area (Å²) in [5.41, 5.74) is 0.900. The Morgan fingerprint density at radius 3 is 2.47 bits per heavy atom. The highest BCUT2D eigenvalue weighted by Gasteiger charge is 2.20. The van der Waals surface area contributed by atoms with Gasteiger partial charge in [0.05, 0.1) is 0 Å². The number of carbonyl (C=O) groups is 1. The lowest BCUT2D eigenvalue weighted by Gasteiger charge is -2.16. The Labute approximate surface area is 114 Å². The molecule has 0 saturated carbocycles. The van der Waals surface area contributed by atoms with Crippen molar-refractivity contribution in [2.75, 3.05) is 5.32 Å². The Balaban J connectivity index is 2.32. The van der Waals surface area contributed by atoms with E-state index >= 15 is 0 Å². The fraction of sp³-hybridized carbons (Fsp3) is 0.0714. The number of halogens is 2. The van der Waals surface area contributed by atoms with E-state index in [4.69, 9.17) is 11.6 Å². The second kappa shape index (κ2) is 5.71. The third kappa shape index (κ3) is 3.45. The zero-order valence-electron chi connectivity index (χ0n) is 9.81. The van der Waals surface area contributed by atoms with E-state index < -0.39 is 17.8 Å². The number of carboxylic acid groups (broad SMARTS) is 1. The SMILES string of the molecule is O=C(O)C(Nc1ccccc1)c1cc(F)cc(Cl)c1. The molecule has 5 heteroatoms. The Hall–Kier alpha value is -2.07. The van der Waals surface area contributed by atoms with Crippen molar-refractivity contribution >= 4 is 23.3 Å². The fourth-order valence-corrected chi connectivity index (χ4v) is 1.96. The number of hydrogen-bond donors (Lipinski definition) is 2. The van der Waals surface area contributed by atoms with Gasteiger partial charge in [-0.1, -0.05) is 29.8 Å². The van der Waals surface area contributed by atoms with E-state index in [1.807, 2.05) is 6.07 Å². The maximum Gasteiger partial charge on any atom is 0.330 e. The van der Waals surface area contributed by atoms with Gasteiger partial charge in [-0.15, -0.1) is 0 Å². The van der Waals surface area contributed by atoms with Crippen LogP contribution in [0.2, 0.25) is 5.02 Å². The first kappa shape index (κ1) is 13.4.